The largest absolute Gasteiger partial charge is 0.381 e. The number of benzene rings is 1. The van der Waals surface area contributed by atoms with Gasteiger partial charge >= 0.3 is 0 Å². The fraction of sp³-hybridized carbons (Fsp3) is 0.571. The molecule has 3 unspecified atom stereocenters. The first-order valence-corrected chi connectivity index (χ1v) is 8.84. The second kappa shape index (κ2) is 7.76. The molecule has 1 heterocycles. The van der Waals surface area contributed by atoms with Crippen LogP contribution < -0.4 is 5.32 Å². The first-order valence-electron chi connectivity index (χ1n) is 6.77. The molecule has 1 aliphatic heterocycles. The fourth-order valence-electron chi connectivity index (χ4n) is 2.44. The molecule has 0 saturated carbocycles. The van der Waals surface area contributed by atoms with Crippen LogP contribution in [0.25, 0.3) is 0 Å². The highest BCUT2D eigenvalue weighted by atomic mass is 35.5. The summed E-state index contributed by atoms with van der Waals surface area (Å²) in [5.74, 6) is 0.908. The molecular formula is C14H19Cl2NO2S. The molecule has 0 aromatic heterocycles. The summed E-state index contributed by atoms with van der Waals surface area (Å²) in [7, 11) is -1.22. The van der Waals surface area contributed by atoms with Gasteiger partial charge in [0.15, 0.2) is 0 Å². The van der Waals surface area contributed by atoms with Crippen LogP contribution in [0.5, 0.6) is 0 Å². The van der Waals surface area contributed by atoms with Gasteiger partial charge in [0.1, 0.15) is 0 Å². The van der Waals surface area contributed by atoms with Crippen LogP contribution in [0.15, 0.2) is 23.1 Å². The van der Waals surface area contributed by atoms with Crippen molar-refractivity contribution < 1.29 is 8.95 Å². The van der Waals surface area contributed by atoms with E-state index in [1.165, 1.54) is 0 Å². The van der Waals surface area contributed by atoms with Gasteiger partial charge in [-0.05, 0) is 25.1 Å². The van der Waals surface area contributed by atoms with Gasteiger partial charge in [-0.3, -0.25) is 4.21 Å². The summed E-state index contributed by atoms with van der Waals surface area (Å²) in [5, 5.41) is 4.34. The standard InChI is InChI=1S/C14H19Cl2NO2S/c1-2-17-13(10-6-7-19-8-10)9-20(18)14-11(15)4-3-5-12(14)16/h3-5,10,13,17H,2,6-9H2,1H3. The minimum absolute atomic E-state index is 0.163. The van der Waals surface area contributed by atoms with Gasteiger partial charge in [0.05, 0.1) is 32.3 Å². The fourth-order valence-corrected chi connectivity index (χ4v) is 4.81. The van der Waals surface area contributed by atoms with Crippen molar-refractivity contribution in [2.45, 2.75) is 24.3 Å². The Morgan fingerprint density at radius 2 is 2.15 bits per heavy atom. The third-order valence-corrected chi connectivity index (χ3v) is 5.89. The number of hydrogen-bond donors (Lipinski definition) is 1. The molecule has 0 aliphatic carbocycles. The van der Waals surface area contributed by atoms with Gasteiger partial charge in [0.2, 0.25) is 0 Å². The van der Waals surface area contributed by atoms with E-state index >= 15 is 0 Å². The first-order chi connectivity index (χ1) is 9.63. The van der Waals surface area contributed by atoms with E-state index in [-0.39, 0.29) is 6.04 Å². The average molecular weight is 336 g/mol. The maximum absolute atomic E-state index is 12.6. The second-order valence-electron chi connectivity index (χ2n) is 4.85. The van der Waals surface area contributed by atoms with E-state index in [9.17, 15) is 4.21 Å². The third kappa shape index (κ3) is 3.95. The Balaban J connectivity index is 2.11. The van der Waals surface area contributed by atoms with E-state index in [0.717, 1.165) is 26.2 Å². The van der Waals surface area contributed by atoms with Crippen molar-refractivity contribution in [3.63, 3.8) is 0 Å². The molecule has 1 aromatic rings. The zero-order chi connectivity index (χ0) is 14.5. The van der Waals surface area contributed by atoms with Crippen molar-refractivity contribution in [1.29, 1.82) is 0 Å². The minimum atomic E-state index is -1.22. The topological polar surface area (TPSA) is 38.3 Å². The smallest absolute Gasteiger partial charge is 0.0760 e. The predicted octanol–water partition coefficient (Wildman–Crippen LogP) is 3.12. The van der Waals surface area contributed by atoms with Crippen LogP contribution in [0.4, 0.5) is 0 Å². The van der Waals surface area contributed by atoms with Crippen molar-refractivity contribution >= 4 is 34.0 Å². The van der Waals surface area contributed by atoms with Crippen LogP contribution in [-0.2, 0) is 15.5 Å². The minimum Gasteiger partial charge on any atom is -0.381 e. The highest BCUT2D eigenvalue weighted by Gasteiger charge is 2.28. The molecule has 1 aromatic carbocycles. The molecule has 1 saturated heterocycles. The van der Waals surface area contributed by atoms with E-state index in [2.05, 4.69) is 5.32 Å². The molecule has 0 spiro atoms. The molecule has 0 bridgehead atoms. The van der Waals surface area contributed by atoms with Gasteiger partial charge in [0.25, 0.3) is 0 Å². The molecule has 112 valence electrons. The Hall–Kier alpha value is -0.130. The molecule has 2 rings (SSSR count). The molecule has 1 fully saturated rings. The van der Waals surface area contributed by atoms with Crippen molar-refractivity contribution in [2.24, 2.45) is 5.92 Å². The first kappa shape index (κ1) is 16.2. The molecule has 1 aliphatic rings. The molecular weight excluding hydrogens is 317 g/mol. The number of ether oxygens (including phenoxy) is 1. The normalized spacial score (nSPS) is 21.9. The van der Waals surface area contributed by atoms with Crippen LogP contribution >= 0.6 is 23.2 Å². The Morgan fingerprint density at radius 1 is 1.45 bits per heavy atom. The van der Waals surface area contributed by atoms with Gasteiger partial charge in [-0.25, -0.2) is 0 Å². The highest BCUT2D eigenvalue weighted by molar-refractivity contribution is 7.85. The molecule has 3 atom stereocenters. The molecule has 1 N–H and O–H groups in total. The van der Waals surface area contributed by atoms with Gasteiger partial charge in [-0.1, -0.05) is 36.2 Å². The van der Waals surface area contributed by atoms with Crippen LogP contribution in [0, 0.1) is 5.92 Å². The molecule has 0 radical (unpaired) electrons. The summed E-state index contributed by atoms with van der Waals surface area (Å²) < 4.78 is 18.0. The summed E-state index contributed by atoms with van der Waals surface area (Å²) >= 11 is 12.2. The quantitative estimate of drug-likeness (QED) is 0.867. The second-order valence-corrected chi connectivity index (χ2v) is 7.10. The summed E-state index contributed by atoms with van der Waals surface area (Å²) in [6.45, 7) is 4.40. The lowest BCUT2D eigenvalue weighted by atomic mass is 10.0. The lowest BCUT2D eigenvalue weighted by Gasteiger charge is -2.23. The average Bonchev–Trinajstić information content (AvgIpc) is 2.91. The Labute approximate surface area is 132 Å². The molecule has 6 heteroatoms. The Kier molecular flexibility index (Phi) is 6.30. The van der Waals surface area contributed by atoms with Gasteiger partial charge in [-0.15, -0.1) is 0 Å². The summed E-state index contributed by atoms with van der Waals surface area (Å²) in [6, 6.07) is 5.37. The molecule has 0 amide bonds. The highest BCUT2D eigenvalue weighted by Crippen LogP contribution is 2.29. The van der Waals surface area contributed by atoms with E-state index in [4.69, 9.17) is 27.9 Å². The number of rotatable bonds is 6. The molecule has 20 heavy (non-hydrogen) atoms. The Bertz CT molecular complexity index is 458. The van der Waals surface area contributed by atoms with Crippen LogP contribution in [0.3, 0.4) is 0 Å². The van der Waals surface area contributed by atoms with E-state index in [0.29, 0.717) is 26.6 Å². The molecule has 3 nitrogen and oxygen atoms in total. The SMILES string of the molecule is CCNC(CS(=O)c1c(Cl)cccc1Cl)C1CCOC1. The van der Waals surface area contributed by atoms with Crippen molar-refractivity contribution in [3.05, 3.63) is 28.2 Å². The van der Waals surface area contributed by atoms with Gasteiger partial charge < -0.3 is 10.1 Å². The van der Waals surface area contributed by atoms with E-state index in [1.807, 2.05) is 6.92 Å². The van der Waals surface area contributed by atoms with Crippen molar-refractivity contribution in [1.82, 2.24) is 5.32 Å². The number of nitrogens with one attached hydrogen (secondary N) is 1. The van der Waals surface area contributed by atoms with Gasteiger partial charge in [-0.2, -0.15) is 0 Å². The number of halogens is 2. The third-order valence-electron chi connectivity index (χ3n) is 3.48. The lowest BCUT2D eigenvalue weighted by Crippen LogP contribution is -2.40. The Morgan fingerprint density at radius 3 is 2.70 bits per heavy atom. The van der Waals surface area contributed by atoms with Gasteiger partial charge in [0, 0.05) is 24.3 Å². The maximum Gasteiger partial charge on any atom is 0.0760 e. The number of hydrogen-bond acceptors (Lipinski definition) is 3. The van der Waals surface area contributed by atoms with Crippen LogP contribution in [-0.4, -0.2) is 35.8 Å². The zero-order valence-corrected chi connectivity index (χ0v) is 13.7. The van der Waals surface area contributed by atoms with Crippen LogP contribution in [0.2, 0.25) is 10.0 Å². The summed E-state index contributed by atoms with van der Waals surface area (Å²) in [4.78, 5) is 0.539. The van der Waals surface area contributed by atoms with Crippen molar-refractivity contribution in [3.8, 4) is 0 Å². The lowest BCUT2D eigenvalue weighted by molar-refractivity contribution is 0.179. The van der Waals surface area contributed by atoms with Crippen LogP contribution in [0.1, 0.15) is 13.3 Å². The van der Waals surface area contributed by atoms with E-state index in [1.54, 1.807) is 18.2 Å². The maximum atomic E-state index is 12.6. The predicted molar refractivity (Wildman–Crippen MR) is 84.1 cm³/mol. The van der Waals surface area contributed by atoms with E-state index < -0.39 is 10.8 Å². The van der Waals surface area contributed by atoms with Crippen molar-refractivity contribution in [2.75, 3.05) is 25.5 Å². The summed E-state index contributed by atoms with van der Waals surface area (Å²) in [5.41, 5.74) is 0. The monoisotopic (exact) mass is 335 g/mol. The zero-order valence-electron chi connectivity index (χ0n) is 11.4. The summed E-state index contributed by atoms with van der Waals surface area (Å²) in [6.07, 6.45) is 1.01.